The Hall–Kier alpha value is -0.610. The van der Waals surface area contributed by atoms with Crippen molar-refractivity contribution in [1.29, 1.82) is 0 Å². The summed E-state index contributed by atoms with van der Waals surface area (Å²) in [5, 5.41) is 0. The Morgan fingerprint density at radius 2 is 1.62 bits per heavy atom. The third kappa shape index (κ3) is 2.72. The number of quaternary nitrogens is 1. The Bertz CT molecular complexity index is 368. The molecule has 0 atom stereocenters. The summed E-state index contributed by atoms with van der Waals surface area (Å²) >= 11 is 0. The lowest BCUT2D eigenvalue weighted by Gasteiger charge is -2.55. The van der Waals surface area contributed by atoms with Gasteiger partial charge in [0.2, 0.25) is 0 Å². The van der Waals surface area contributed by atoms with Crippen LogP contribution in [0.4, 0.5) is 0 Å². The van der Waals surface area contributed by atoms with E-state index in [4.69, 9.17) is 9.47 Å². The first-order chi connectivity index (χ1) is 10.2. The molecule has 4 heteroatoms. The highest BCUT2D eigenvalue weighted by molar-refractivity contribution is 5.77. The first kappa shape index (κ1) is 14.0. The van der Waals surface area contributed by atoms with Crippen LogP contribution in [0, 0.1) is 23.2 Å². The Balaban J connectivity index is 1.30. The summed E-state index contributed by atoms with van der Waals surface area (Å²) < 4.78 is 11.1. The minimum atomic E-state index is -0.0882. The second-order valence-electron chi connectivity index (χ2n) is 7.95. The number of morpholine rings is 1. The van der Waals surface area contributed by atoms with Gasteiger partial charge in [0.05, 0.1) is 18.6 Å². The van der Waals surface area contributed by atoms with Crippen LogP contribution in [0.2, 0.25) is 0 Å². The number of nitrogens with one attached hydrogen (secondary N) is 1. The van der Waals surface area contributed by atoms with E-state index in [0.29, 0.717) is 6.61 Å². The van der Waals surface area contributed by atoms with Crippen LogP contribution in [-0.2, 0) is 14.3 Å². The van der Waals surface area contributed by atoms with Crippen molar-refractivity contribution in [1.82, 2.24) is 0 Å². The van der Waals surface area contributed by atoms with Crippen LogP contribution in [0.1, 0.15) is 38.5 Å². The molecule has 1 aliphatic heterocycles. The summed E-state index contributed by atoms with van der Waals surface area (Å²) in [6.07, 6.45) is 7.48. The molecule has 4 nitrogen and oxygen atoms in total. The second kappa shape index (κ2) is 5.54. The summed E-state index contributed by atoms with van der Waals surface area (Å²) in [6.45, 7) is 5.33. The Labute approximate surface area is 127 Å². The highest BCUT2D eigenvalue weighted by Gasteiger charge is 2.55. The van der Waals surface area contributed by atoms with Crippen LogP contribution in [0.3, 0.4) is 0 Å². The van der Waals surface area contributed by atoms with Gasteiger partial charge in [0.15, 0.2) is 0 Å². The zero-order valence-corrected chi connectivity index (χ0v) is 12.9. The number of carbonyl (C=O) groups excluding carboxylic acids is 1. The summed E-state index contributed by atoms with van der Waals surface area (Å²) in [5.74, 6) is 2.57. The van der Waals surface area contributed by atoms with Gasteiger partial charge in [0, 0.05) is 0 Å². The molecule has 1 saturated heterocycles. The van der Waals surface area contributed by atoms with E-state index in [1.54, 1.807) is 0 Å². The van der Waals surface area contributed by atoms with Crippen LogP contribution in [-0.4, -0.2) is 45.4 Å². The topological polar surface area (TPSA) is 40.0 Å². The van der Waals surface area contributed by atoms with Gasteiger partial charge in [0.25, 0.3) is 0 Å². The molecular weight excluding hydrogens is 266 g/mol. The quantitative estimate of drug-likeness (QED) is 0.775. The smallest absolute Gasteiger partial charge is 0.312 e. The normalized spacial score (nSPS) is 42.2. The molecule has 5 aliphatic rings. The number of hydrogen-bond acceptors (Lipinski definition) is 3. The van der Waals surface area contributed by atoms with Crippen molar-refractivity contribution in [2.24, 2.45) is 23.2 Å². The standard InChI is InChI=1S/C17H27NO3/c19-16(21-6-3-18-1-4-20-5-2-18)17-10-13-7-14(11-17)9-15(8-13)12-17/h13-15H,1-12H2/p+1. The van der Waals surface area contributed by atoms with Crippen molar-refractivity contribution < 1.29 is 19.2 Å². The van der Waals surface area contributed by atoms with E-state index < -0.39 is 0 Å². The third-order valence-electron chi connectivity index (χ3n) is 6.36. The maximum absolute atomic E-state index is 12.7. The molecule has 4 aliphatic carbocycles. The molecule has 0 unspecified atom stereocenters. The Morgan fingerprint density at radius 1 is 1.05 bits per heavy atom. The van der Waals surface area contributed by atoms with E-state index in [1.807, 2.05) is 0 Å². The lowest BCUT2D eigenvalue weighted by atomic mass is 9.49. The maximum Gasteiger partial charge on any atom is 0.312 e. The molecule has 0 amide bonds. The summed E-state index contributed by atoms with van der Waals surface area (Å²) in [4.78, 5) is 14.2. The van der Waals surface area contributed by atoms with Gasteiger partial charge in [-0.05, 0) is 56.3 Å². The number of ether oxygens (including phenoxy) is 2. The molecule has 1 N–H and O–H groups in total. The highest BCUT2D eigenvalue weighted by atomic mass is 16.5. The van der Waals surface area contributed by atoms with Crippen molar-refractivity contribution in [2.45, 2.75) is 38.5 Å². The van der Waals surface area contributed by atoms with Crippen LogP contribution in [0.5, 0.6) is 0 Å². The molecule has 5 fully saturated rings. The fraction of sp³-hybridized carbons (Fsp3) is 0.941. The molecule has 4 bridgehead atoms. The Kier molecular flexibility index (Phi) is 3.70. The molecular formula is C17H28NO3+. The number of carbonyl (C=O) groups is 1. The molecule has 0 radical (unpaired) electrons. The molecule has 0 aromatic carbocycles. The van der Waals surface area contributed by atoms with E-state index in [2.05, 4.69) is 0 Å². The lowest BCUT2D eigenvalue weighted by Crippen LogP contribution is -3.14. The molecule has 0 spiro atoms. The van der Waals surface area contributed by atoms with Crippen molar-refractivity contribution >= 4 is 5.97 Å². The molecule has 5 rings (SSSR count). The fourth-order valence-electron chi connectivity index (χ4n) is 5.71. The second-order valence-corrected chi connectivity index (χ2v) is 7.95. The maximum atomic E-state index is 12.7. The molecule has 1 heterocycles. The fourth-order valence-corrected chi connectivity index (χ4v) is 5.71. The monoisotopic (exact) mass is 294 g/mol. The number of rotatable bonds is 4. The van der Waals surface area contributed by atoms with Crippen molar-refractivity contribution in [3.8, 4) is 0 Å². The van der Waals surface area contributed by atoms with Crippen molar-refractivity contribution in [3.05, 3.63) is 0 Å². The van der Waals surface area contributed by atoms with Crippen LogP contribution in [0.15, 0.2) is 0 Å². The van der Waals surface area contributed by atoms with E-state index in [-0.39, 0.29) is 11.4 Å². The number of hydrogen-bond donors (Lipinski definition) is 1. The average Bonchev–Trinajstić information content (AvgIpc) is 2.47. The van der Waals surface area contributed by atoms with Crippen LogP contribution >= 0.6 is 0 Å². The molecule has 118 valence electrons. The molecule has 4 saturated carbocycles. The minimum absolute atomic E-state index is 0.0882. The van der Waals surface area contributed by atoms with Crippen LogP contribution < -0.4 is 4.90 Å². The molecule has 0 aromatic rings. The minimum Gasteiger partial charge on any atom is -0.459 e. The van der Waals surface area contributed by atoms with Gasteiger partial charge in [-0.2, -0.15) is 0 Å². The van der Waals surface area contributed by atoms with Gasteiger partial charge in [-0.1, -0.05) is 0 Å². The average molecular weight is 294 g/mol. The largest absolute Gasteiger partial charge is 0.459 e. The summed E-state index contributed by atoms with van der Waals surface area (Å²) in [7, 11) is 0. The lowest BCUT2D eigenvalue weighted by molar-refractivity contribution is -0.908. The molecule has 21 heavy (non-hydrogen) atoms. The first-order valence-corrected chi connectivity index (χ1v) is 8.82. The summed E-state index contributed by atoms with van der Waals surface area (Å²) in [6, 6.07) is 0. The SMILES string of the molecule is O=C(OCC[NH+]1CCOCC1)C12CC3CC(CC(C3)C1)C2. The predicted octanol–water partition coefficient (Wildman–Crippen LogP) is 0.661. The summed E-state index contributed by atoms with van der Waals surface area (Å²) in [5.41, 5.74) is -0.0882. The van der Waals surface area contributed by atoms with Crippen molar-refractivity contribution in [2.75, 3.05) is 39.5 Å². The van der Waals surface area contributed by atoms with Gasteiger partial charge >= 0.3 is 5.97 Å². The third-order valence-corrected chi connectivity index (χ3v) is 6.36. The van der Waals surface area contributed by atoms with E-state index in [0.717, 1.165) is 69.9 Å². The zero-order chi connectivity index (χ0) is 14.3. The van der Waals surface area contributed by atoms with E-state index in [9.17, 15) is 4.79 Å². The number of esters is 1. The predicted molar refractivity (Wildman–Crippen MR) is 77.9 cm³/mol. The van der Waals surface area contributed by atoms with Gasteiger partial charge in [-0.15, -0.1) is 0 Å². The Morgan fingerprint density at radius 3 is 2.19 bits per heavy atom. The first-order valence-electron chi connectivity index (χ1n) is 8.82. The van der Waals surface area contributed by atoms with Crippen molar-refractivity contribution in [3.63, 3.8) is 0 Å². The zero-order valence-electron chi connectivity index (χ0n) is 12.9. The van der Waals surface area contributed by atoms with Gasteiger partial charge in [-0.3, -0.25) is 4.79 Å². The van der Waals surface area contributed by atoms with Gasteiger partial charge in [0.1, 0.15) is 26.2 Å². The molecule has 0 aromatic heterocycles. The van der Waals surface area contributed by atoms with E-state index >= 15 is 0 Å². The van der Waals surface area contributed by atoms with Crippen LogP contribution in [0.25, 0.3) is 0 Å². The van der Waals surface area contributed by atoms with E-state index in [1.165, 1.54) is 24.2 Å². The van der Waals surface area contributed by atoms with Gasteiger partial charge in [-0.25, -0.2) is 0 Å². The van der Waals surface area contributed by atoms with Gasteiger partial charge < -0.3 is 14.4 Å². The highest BCUT2D eigenvalue weighted by Crippen LogP contribution is 2.60.